The van der Waals surface area contributed by atoms with E-state index >= 15 is 0 Å². The number of anilines is 2. The Hall–Kier alpha value is -3.62. The second-order valence-corrected chi connectivity index (χ2v) is 5.71. The number of nitrogens with one attached hydrogen (secondary N) is 1. The third-order valence-corrected chi connectivity index (χ3v) is 3.81. The molecule has 0 aliphatic heterocycles. The second-order valence-electron chi connectivity index (χ2n) is 5.71. The zero-order valence-corrected chi connectivity index (χ0v) is 14.1. The van der Waals surface area contributed by atoms with Crippen LogP contribution in [0.1, 0.15) is 15.9 Å². The Morgan fingerprint density at radius 1 is 1.07 bits per heavy atom. The monoisotopic (exact) mass is 389 g/mol. The molecule has 0 atom stereocenters. The average Bonchev–Trinajstić information content (AvgIpc) is 2.65. The van der Waals surface area contributed by atoms with Gasteiger partial charge in [-0.15, -0.1) is 0 Å². The third-order valence-electron chi connectivity index (χ3n) is 3.81. The van der Waals surface area contributed by atoms with Crippen molar-refractivity contribution < 1.29 is 32.6 Å². The number of pyridine rings is 1. The number of ether oxygens (including phenoxy) is 1. The van der Waals surface area contributed by atoms with Crippen molar-refractivity contribution in [1.29, 1.82) is 0 Å². The van der Waals surface area contributed by atoms with Gasteiger partial charge in [0.05, 0.1) is 28.3 Å². The molecule has 1 heterocycles. The van der Waals surface area contributed by atoms with Crippen molar-refractivity contribution in [2.75, 3.05) is 11.9 Å². The summed E-state index contributed by atoms with van der Waals surface area (Å²) in [6, 6.07) is 10.8. The van der Waals surface area contributed by atoms with Crippen LogP contribution >= 0.6 is 0 Å². The highest BCUT2D eigenvalue weighted by Crippen LogP contribution is 2.33. The van der Waals surface area contributed by atoms with Gasteiger partial charge in [0.2, 0.25) is 0 Å². The van der Waals surface area contributed by atoms with Crippen LogP contribution in [-0.2, 0) is 15.7 Å². The Morgan fingerprint density at radius 2 is 1.82 bits per heavy atom. The minimum atomic E-state index is -4.49. The van der Waals surface area contributed by atoms with Gasteiger partial charge in [-0.2, -0.15) is 13.2 Å². The predicted octanol–water partition coefficient (Wildman–Crippen LogP) is 2.90. The van der Waals surface area contributed by atoms with Gasteiger partial charge in [-0.3, -0.25) is 4.98 Å². The van der Waals surface area contributed by atoms with Crippen LogP contribution in [0.3, 0.4) is 0 Å². The van der Waals surface area contributed by atoms with Gasteiger partial charge >= 0.3 is 12.1 Å². The first-order valence-electron chi connectivity index (χ1n) is 7.94. The van der Waals surface area contributed by atoms with Crippen molar-refractivity contribution in [3.8, 4) is 0 Å². The van der Waals surface area contributed by atoms with E-state index in [1.165, 1.54) is 18.3 Å². The van der Waals surface area contributed by atoms with Gasteiger partial charge in [0.1, 0.15) is 6.61 Å². The van der Waals surface area contributed by atoms with E-state index in [-0.39, 0.29) is 11.1 Å². The molecule has 0 amide bonds. The summed E-state index contributed by atoms with van der Waals surface area (Å²) < 4.78 is 43.3. The van der Waals surface area contributed by atoms with Crippen LogP contribution in [-0.4, -0.2) is 23.5 Å². The number of carbonyl (C=O) groups excluding carboxylic acids is 2. The largest absolute Gasteiger partial charge is 0.546 e. The van der Waals surface area contributed by atoms with Crippen LogP contribution in [0.15, 0.2) is 54.7 Å². The van der Waals surface area contributed by atoms with Crippen LogP contribution in [0.5, 0.6) is 0 Å². The van der Waals surface area contributed by atoms with E-state index in [0.29, 0.717) is 16.8 Å². The summed E-state index contributed by atoms with van der Waals surface area (Å²) >= 11 is 0. The fourth-order valence-corrected chi connectivity index (χ4v) is 2.55. The summed E-state index contributed by atoms with van der Waals surface area (Å²) in [5.74, 6) is -2.43. The molecule has 0 saturated carbocycles. The van der Waals surface area contributed by atoms with Crippen LogP contribution < -0.4 is 10.4 Å². The van der Waals surface area contributed by atoms with Gasteiger partial charge in [-0.25, -0.2) is 4.79 Å². The number of nitrogens with zero attached hydrogens (tertiary/aromatic N) is 1. The Morgan fingerprint density at radius 3 is 2.54 bits per heavy atom. The molecule has 0 bridgehead atoms. The van der Waals surface area contributed by atoms with E-state index in [1.807, 2.05) is 0 Å². The van der Waals surface area contributed by atoms with Crippen LogP contribution in [0.25, 0.3) is 10.9 Å². The lowest BCUT2D eigenvalue weighted by atomic mass is 10.1. The van der Waals surface area contributed by atoms with Gasteiger partial charge in [0.25, 0.3) is 0 Å². The number of esters is 1. The van der Waals surface area contributed by atoms with Crippen molar-refractivity contribution >= 4 is 34.2 Å². The number of carboxylic acid groups (broad SMARTS) is 1. The summed E-state index contributed by atoms with van der Waals surface area (Å²) in [6.07, 6.45) is -3.16. The van der Waals surface area contributed by atoms with E-state index in [9.17, 15) is 27.9 Å². The van der Waals surface area contributed by atoms with Crippen molar-refractivity contribution in [1.82, 2.24) is 4.98 Å². The Labute approximate surface area is 156 Å². The van der Waals surface area contributed by atoms with Gasteiger partial charge in [0.15, 0.2) is 0 Å². The topological polar surface area (TPSA) is 91.4 Å². The molecule has 0 spiro atoms. The van der Waals surface area contributed by atoms with Crippen molar-refractivity contribution in [2.45, 2.75) is 6.18 Å². The third kappa shape index (κ3) is 4.20. The maximum absolute atomic E-state index is 12.9. The summed E-state index contributed by atoms with van der Waals surface area (Å²) in [5.41, 5.74) is 0.0606. The molecule has 9 heteroatoms. The lowest BCUT2D eigenvalue weighted by molar-refractivity contribution is -0.308. The number of carbonyl (C=O) groups is 2. The fraction of sp³-hybridized carbons (Fsp3) is 0.105. The average molecular weight is 389 g/mol. The molecule has 3 aromatic rings. The number of hydrogen-bond donors (Lipinski definition) is 1. The zero-order valence-electron chi connectivity index (χ0n) is 14.1. The van der Waals surface area contributed by atoms with Crippen molar-refractivity contribution in [3.05, 3.63) is 65.9 Å². The van der Waals surface area contributed by atoms with E-state index in [1.54, 1.807) is 24.3 Å². The van der Waals surface area contributed by atoms with E-state index < -0.39 is 30.3 Å². The number of carboxylic acids is 1. The highest BCUT2D eigenvalue weighted by molar-refractivity contribution is 5.99. The van der Waals surface area contributed by atoms with Gasteiger partial charge in [0, 0.05) is 17.3 Å². The SMILES string of the molecule is O=C([O-])COC(=O)c1ccccc1Nc1ccnc2cc(C(F)(F)F)ccc12. The molecule has 0 radical (unpaired) electrons. The Bertz CT molecular complexity index is 1050. The first kappa shape index (κ1) is 19.2. The molecule has 0 fully saturated rings. The van der Waals surface area contributed by atoms with Crippen molar-refractivity contribution in [3.63, 3.8) is 0 Å². The lowest BCUT2D eigenvalue weighted by Gasteiger charge is -2.14. The Kier molecular flexibility index (Phi) is 5.16. The van der Waals surface area contributed by atoms with Crippen LogP contribution in [0.4, 0.5) is 24.5 Å². The lowest BCUT2D eigenvalue weighted by Crippen LogP contribution is -2.29. The maximum Gasteiger partial charge on any atom is 0.416 e. The smallest absolute Gasteiger partial charge is 0.416 e. The van der Waals surface area contributed by atoms with Gasteiger partial charge in [-0.05, 0) is 30.3 Å². The molecule has 28 heavy (non-hydrogen) atoms. The molecule has 144 valence electrons. The molecule has 3 rings (SSSR count). The highest BCUT2D eigenvalue weighted by atomic mass is 19.4. The number of hydrogen-bond acceptors (Lipinski definition) is 6. The van der Waals surface area contributed by atoms with Gasteiger partial charge < -0.3 is 20.0 Å². The second kappa shape index (κ2) is 7.55. The fourth-order valence-electron chi connectivity index (χ4n) is 2.55. The molecular formula is C19H12F3N2O4-. The number of para-hydroxylation sites is 1. The van der Waals surface area contributed by atoms with Crippen LogP contribution in [0.2, 0.25) is 0 Å². The first-order valence-corrected chi connectivity index (χ1v) is 7.94. The number of halogens is 3. The summed E-state index contributed by atoms with van der Waals surface area (Å²) in [5, 5.41) is 13.8. The summed E-state index contributed by atoms with van der Waals surface area (Å²) in [4.78, 5) is 26.5. The van der Waals surface area contributed by atoms with E-state index in [4.69, 9.17) is 0 Å². The molecule has 2 aromatic carbocycles. The molecule has 1 aromatic heterocycles. The molecule has 0 aliphatic rings. The molecule has 0 saturated heterocycles. The van der Waals surface area contributed by atoms with E-state index in [0.717, 1.165) is 12.1 Å². The number of aromatic nitrogens is 1. The number of aliphatic carboxylic acids is 1. The number of fused-ring (bicyclic) bond motifs is 1. The molecule has 0 unspecified atom stereocenters. The summed E-state index contributed by atoms with van der Waals surface area (Å²) in [7, 11) is 0. The zero-order chi connectivity index (χ0) is 20.3. The van der Waals surface area contributed by atoms with Crippen molar-refractivity contribution in [2.24, 2.45) is 0 Å². The maximum atomic E-state index is 12.9. The quantitative estimate of drug-likeness (QED) is 0.675. The predicted molar refractivity (Wildman–Crippen MR) is 91.8 cm³/mol. The Balaban J connectivity index is 1.95. The van der Waals surface area contributed by atoms with Gasteiger partial charge in [-0.1, -0.05) is 18.2 Å². The molecule has 0 aliphatic carbocycles. The molecule has 1 N–H and O–H groups in total. The minimum Gasteiger partial charge on any atom is -0.546 e. The number of benzene rings is 2. The molecule has 6 nitrogen and oxygen atoms in total. The van der Waals surface area contributed by atoms with Crippen LogP contribution in [0, 0.1) is 0 Å². The summed E-state index contributed by atoms with van der Waals surface area (Å²) in [6.45, 7) is -0.897. The standard InChI is InChI=1S/C19H13F3N2O4/c20-19(21,22)11-5-6-12-15(7-8-23-16(12)9-11)24-14-4-2-1-3-13(14)18(27)28-10-17(25)26/h1-9H,10H2,(H,23,24)(H,25,26)/p-1. The minimum absolute atomic E-state index is 0.0561. The van der Waals surface area contributed by atoms with E-state index in [2.05, 4.69) is 15.0 Å². The number of rotatable bonds is 5. The normalized spacial score (nSPS) is 11.2. The highest BCUT2D eigenvalue weighted by Gasteiger charge is 2.30. The number of alkyl halides is 3. The first-order chi connectivity index (χ1) is 13.3. The molecular weight excluding hydrogens is 377 g/mol.